The zero-order valence-electron chi connectivity index (χ0n) is 25.9. The van der Waals surface area contributed by atoms with Crippen molar-refractivity contribution in [2.45, 2.75) is 38.3 Å². The molecule has 0 spiro atoms. The molecule has 1 atom stereocenters. The molecule has 4 rings (SSSR count). The molecule has 0 aromatic heterocycles. The number of carbonyl (C=O) groups is 4. The number of halogens is 2. The van der Waals surface area contributed by atoms with Crippen LogP contribution in [0.25, 0.3) is 5.57 Å². The quantitative estimate of drug-likeness (QED) is 0.283. The van der Waals surface area contributed by atoms with Crippen molar-refractivity contribution in [2.24, 2.45) is 0 Å². The van der Waals surface area contributed by atoms with Crippen LogP contribution in [0.1, 0.15) is 30.9 Å². The first-order valence-corrected chi connectivity index (χ1v) is 15.5. The number of nitrogens with zero attached hydrogens (tertiary/aromatic N) is 4. The molecule has 1 N–H and O–H groups in total. The van der Waals surface area contributed by atoms with E-state index in [-0.39, 0.29) is 46.2 Å². The average molecular weight is 661 g/mol. The topological polar surface area (TPSA) is 112 Å². The van der Waals surface area contributed by atoms with E-state index < -0.39 is 5.91 Å². The van der Waals surface area contributed by atoms with E-state index in [1.165, 1.54) is 11.1 Å². The smallest absolute Gasteiger partial charge is 0.322 e. The number of likely N-dealkylation sites (N-methyl/N-ethyl adjacent to an activating group) is 1. The number of carbonyl (C=O) groups excluding carboxylic acids is 4. The van der Waals surface area contributed by atoms with Crippen molar-refractivity contribution in [1.82, 2.24) is 19.6 Å². The van der Waals surface area contributed by atoms with Crippen LogP contribution in [0.4, 0.5) is 10.5 Å². The molecule has 2 heterocycles. The lowest BCUT2D eigenvalue weighted by molar-refractivity contribution is -0.135. The lowest BCUT2D eigenvalue weighted by atomic mass is 10.0. The van der Waals surface area contributed by atoms with Gasteiger partial charge in [-0.05, 0) is 56.0 Å². The number of urea groups is 1. The van der Waals surface area contributed by atoms with E-state index in [1.54, 1.807) is 44.4 Å². The van der Waals surface area contributed by atoms with Gasteiger partial charge >= 0.3 is 6.03 Å². The van der Waals surface area contributed by atoms with Crippen molar-refractivity contribution in [3.63, 3.8) is 0 Å². The number of methoxy groups -OCH3 is 2. The zero-order chi connectivity index (χ0) is 32.7. The number of fused-ring (bicyclic) bond motifs is 1. The Bertz CT molecular complexity index is 1450. The standard InChI is InChI=1S/C32H39Cl2N5O6/c1-21(19-44-3)36(2)31(42)26(25-6-5-7-27(33)30(25)34)17-37(20-40)18-29(41)38-13-11-23(12-14-38)39-15-10-22-16-24(45-4)8-9-28(22)35-32(39)43/h5-9,16-17,20-21,23H,10-15,18-19H2,1-4H3,(H,35,43)/b26-17-. The summed E-state index contributed by atoms with van der Waals surface area (Å²) in [7, 11) is 4.78. The lowest BCUT2D eigenvalue weighted by Gasteiger charge is -2.38. The Balaban J connectivity index is 1.44. The van der Waals surface area contributed by atoms with Gasteiger partial charge in [-0.15, -0.1) is 0 Å². The van der Waals surface area contributed by atoms with Gasteiger partial charge in [-0.1, -0.05) is 35.3 Å². The number of nitrogens with one attached hydrogen (secondary N) is 1. The molecule has 2 aromatic rings. The van der Waals surface area contributed by atoms with Gasteiger partial charge in [-0.25, -0.2) is 4.79 Å². The van der Waals surface area contributed by atoms with Crippen molar-refractivity contribution in [2.75, 3.05) is 59.4 Å². The van der Waals surface area contributed by atoms with Gasteiger partial charge in [0.15, 0.2) is 0 Å². The molecule has 2 aliphatic heterocycles. The molecular weight excluding hydrogens is 621 g/mol. The van der Waals surface area contributed by atoms with E-state index >= 15 is 0 Å². The molecule has 5 amide bonds. The van der Waals surface area contributed by atoms with Crippen LogP contribution in [-0.4, -0.2) is 110 Å². The highest BCUT2D eigenvalue weighted by Crippen LogP contribution is 2.32. The largest absolute Gasteiger partial charge is 0.497 e. The zero-order valence-corrected chi connectivity index (χ0v) is 27.4. The summed E-state index contributed by atoms with van der Waals surface area (Å²) in [5.74, 6) is 0.0455. The number of benzene rings is 2. The van der Waals surface area contributed by atoms with E-state index in [1.807, 2.05) is 30.0 Å². The van der Waals surface area contributed by atoms with Gasteiger partial charge in [-0.3, -0.25) is 14.4 Å². The first-order valence-electron chi connectivity index (χ1n) is 14.7. The highest BCUT2D eigenvalue weighted by molar-refractivity contribution is 6.44. The van der Waals surface area contributed by atoms with Crippen molar-refractivity contribution in [3.8, 4) is 5.75 Å². The van der Waals surface area contributed by atoms with Crippen molar-refractivity contribution in [1.29, 1.82) is 0 Å². The third-order valence-electron chi connectivity index (χ3n) is 8.30. The maximum atomic E-state index is 13.6. The summed E-state index contributed by atoms with van der Waals surface area (Å²) in [5, 5.41) is 3.41. The molecule has 0 radical (unpaired) electrons. The SMILES string of the molecule is COCC(C)N(C)C(=O)/C(=C\N(C=O)CC(=O)N1CCC(N2CCc3cc(OC)ccc3NC2=O)CC1)c1cccc(Cl)c1Cl. The molecule has 2 aliphatic rings. The van der Waals surface area contributed by atoms with Crippen LogP contribution in [0.15, 0.2) is 42.6 Å². The summed E-state index contributed by atoms with van der Waals surface area (Å²) in [6.07, 6.45) is 3.72. The Kier molecular flexibility index (Phi) is 11.7. The molecule has 1 unspecified atom stereocenters. The highest BCUT2D eigenvalue weighted by Gasteiger charge is 2.32. The summed E-state index contributed by atoms with van der Waals surface area (Å²) in [5.41, 5.74) is 2.23. The molecule has 0 saturated carbocycles. The Labute approximate surface area is 273 Å². The summed E-state index contributed by atoms with van der Waals surface area (Å²) in [4.78, 5) is 58.4. The Hall–Kier alpha value is -3.80. The van der Waals surface area contributed by atoms with Gasteiger partial charge in [0, 0.05) is 57.3 Å². The van der Waals surface area contributed by atoms with Gasteiger partial charge in [0.2, 0.25) is 12.3 Å². The fraction of sp³-hybridized carbons (Fsp3) is 0.438. The summed E-state index contributed by atoms with van der Waals surface area (Å²) in [6.45, 7) is 3.25. The predicted octanol–water partition coefficient (Wildman–Crippen LogP) is 4.38. The maximum Gasteiger partial charge on any atom is 0.322 e. The fourth-order valence-electron chi connectivity index (χ4n) is 5.56. The van der Waals surface area contributed by atoms with E-state index in [0.717, 1.165) is 21.9 Å². The van der Waals surface area contributed by atoms with E-state index in [9.17, 15) is 19.2 Å². The van der Waals surface area contributed by atoms with Gasteiger partial charge in [-0.2, -0.15) is 0 Å². The highest BCUT2D eigenvalue weighted by atomic mass is 35.5. The van der Waals surface area contributed by atoms with Gasteiger partial charge in [0.1, 0.15) is 12.3 Å². The van der Waals surface area contributed by atoms with Crippen LogP contribution >= 0.6 is 23.2 Å². The molecule has 0 bridgehead atoms. The normalized spacial score (nSPS) is 16.3. The average Bonchev–Trinajstić information content (AvgIpc) is 3.21. The van der Waals surface area contributed by atoms with Gasteiger partial charge in [0.25, 0.3) is 5.91 Å². The van der Waals surface area contributed by atoms with Crippen LogP contribution in [0.5, 0.6) is 5.75 Å². The second kappa shape index (κ2) is 15.5. The van der Waals surface area contributed by atoms with Crippen LogP contribution < -0.4 is 10.1 Å². The van der Waals surface area contributed by atoms with Gasteiger partial charge < -0.3 is 34.4 Å². The van der Waals surface area contributed by atoms with Crippen molar-refractivity contribution in [3.05, 3.63) is 63.8 Å². The van der Waals surface area contributed by atoms with E-state index in [2.05, 4.69) is 5.32 Å². The summed E-state index contributed by atoms with van der Waals surface area (Å²) >= 11 is 12.7. The van der Waals surface area contributed by atoms with E-state index in [4.69, 9.17) is 32.7 Å². The third-order valence-corrected chi connectivity index (χ3v) is 9.12. The molecule has 13 heteroatoms. The Morgan fingerprint density at radius 2 is 1.87 bits per heavy atom. The Morgan fingerprint density at radius 3 is 2.53 bits per heavy atom. The fourth-order valence-corrected chi connectivity index (χ4v) is 5.96. The van der Waals surface area contributed by atoms with Crippen LogP contribution in [0, 0.1) is 0 Å². The van der Waals surface area contributed by atoms with Crippen LogP contribution in [0.3, 0.4) is 0 Å². The second-order valence-electron chi connectivity index (χ2n) is 11.2. The minimum atomic E-state index is -0.417. The molecule has 1 saturated heterocycles. The van der Waals surface area contributed by atoms with Crippen molar-refractivity contribution >= 4 is 58.7 Å². The first kappa shape index (κ1) is 34.1. The molecule has 1 fully saturated rings. The molecular formula is C32H39Cl2N5O6. The maximum absolute atomic E-state index is 13.6. The second-order valence-corrected chi connectivity index (χ2v) is 11.9. The number of ether oxygens (including phenoxy) is 2. The van der Waals surface area contributed by atoms with Crippen LogP contribution in [0.2, 0.25) is 10.0 Å². The monoisotopic (exact) mass is 659 g/mol. The van der Waals surface area contributed by atoms with Gasteiger partial charge in [0.05, 0.1) is 35.4 Å². The number of hydrogen-bond donors (Lipinski definition) is 1. The number of rotatable bonds is 11. The summed E-state index contributed by atoms with van der Waals surface area (Å²) in [6, 6.07) is 10.0. The number of hydrogen-bond acceptors (Lipinski definition) is 6. The number of likely N-dealkylation sites (tertiary alicyclic amines) is 1. The molecule has 242 valence electrons. The summed E-state index contributed by atoms with van der Waals surface area (Å²) < 4.78 is 10.5. The first-order chi connectivity index (χ1) is 21.6. The molecule has 2 aromatic carbocycles. The minimum Gasteiger partial charge on any atom is -0.497 e. The number of amides is 5. The van der Waals surface area contributed by atoms with E-state index in [0.29, 0.717) is 57.5 Å². The number of anilines is 1. The predicted molar refractivity (Wildman–Crippen MR) is 173 cm³/mol. The third kappa shape index (κ3) is 8.08. The molecule has 45 heavy (non-hydrogen) atoms. The lowest BCUT2D eigenvalue weighted by Crippen LogP contribution is -2.51. The molecule has 11 nitrogen and oxygen atoms in total. The Morgan fingerprint density at radius 1 is 1.13 bits per heavy atom. The van der Waals surface area contributed by atoms with Crippen LogP contribution in [-0.2, 0) is 25.5 Å². The minimum absolute atomic E-state index is 0.0360. The molecule has 0 aliphatic carbocycles. The van der Waals surface area contributed by atoms with Crippen molar-refractivity contribution < 1.29 is 28.7 Å². The number of piperidine rings is 1.